The van der Waals surface area contributed by atoms with Crippen LogP contribution in [0.1, 0.15) is 31.8 Å². The zero-order valence-electron chi connectivity index (χ0n) is 23.1. The summed E-state index contributed by atoms with van der Waals surface area (Å²) in [7, 11) is 0. The smallest absolute Gasteiger partial charge is 0.336 e. The van der Waals surface area contributed by atoms with Gasteiger partial charge in [0.15, 0.2) is 0 Å². The molecule has 7 rings (SSSR count). The van der Waals surface area contributed by atoms with Gasteiger partial charge in [0, 0.05) is 11.1 Å². The third-order valence-corrected chi connectivity index (χ3v) is 8.54. The number of carbonyl (C=O) groups is 2. The maximum absolute atomic E-state index is 12.8. The van der Waals surface area contributed by atoms with E-state index in [0.29, 0.717) is 11.1 Å². The molecule has 0 saturated heterocycles. The Hall–Kier alpha value is -5.48. The van der Waals surface area contributed by atoms with Crippen molar-refractivity contribution in [3.63, 3.8) is 0 Å². The zero-order valence-corrected chi connectivity index (χ0v) is 23.1. The molecule has 202 valence electrons. The lowest BCUT2D eigenvalue weighted by atomic mass is 9.79. The van der Waals surface area contributed by atoms with Gasteiger partial charge in [-0.25, -0.2) is 9.59 Å². The average Bonchev–Trinajstić information content (AvgIpc) is 3.00. The van der Waals surface area contributed by atoms with Crippen LogP contribution in [0.15, 0.2) is 109 Å². The normalized spacial score (nSPS) is 11.5. The molecule has 7 aromatic rings. The van der Waals surface area contributed by atoms with Crippen molar-refractivity contribution in [3.05, 3.63) is 131 Å². The summed E-state index contributed by atoms with van der Waals surface area (Å²) in [6, 6.07) is 34.9. The molecule has 4 heteroatoms. The fraction of sp³-hybridized carbons (Fsp3) is 0.0526. The monoisotopic (exact) mass is 546 g/mol. The molecule has 0 saturated carbocycles. The first kappa shape index (κ1) is 25.5. The molecule has 0 aromatic heterocycles. The number of benzene rings is 7. The number of fused-ring (bicyclic) bond motifs is 4. The molecule has 0 heterocycles. The van der Waals surface area contributed by atoms with E-state index in [1.807, 2.05) is 84.9 Å². The van der Waals surface area contributed by atoms with Crippen LogP contribution in [0.25, 0.3) is 65.3 Å². The van der Waals surface area contributed by atoms with Crippen LogP contribution in [0, 0.1) is 13.8 Å². The highest BCUT2D eigenvalue weighted by Gasteiger charge is 2.26. The first-order chi connectivity index (χ1) is 20.4. The number of carboxylic acids is 2. The second-order valence-electron chi connectivity index (χ2n) is 10.8. The first-order valence-electron chi connectivity index (χ1n) is 13.8. The lowest BCUT2D eigenvalue weighted by molar-refractivity contribution is 0.0687. The Morgan fingerprint density at radius 2 is 0.905 bits per heavy atom. The Balaban J connectivity index is 1.80. The minimum atomic E-state index is -0.997. The molecule has 2 N–H and O–H groups in total. The summed E-state index contributed by atoms with van der Waals surface area (Å²) < 4.78 is 0. The Bertz CT molecular complexity index is 2280. The fourth-order valence-electron chi connectivity index (χ4n) is 6.51. The van der Waals surface area contributed by atoms with Gasteiger partial charge in [-0.05, 0) is 91.3 Å². The molecule has 0 spiro atoms. The van der Waals surface area contributed by atoms with Crippen LogP contribution in [-0.2, 0) is 0 Å². The van der Waals surface area contributed by atoms with E-state index < -0.39 is 11.9 Å². The topological polar surface area (TPSA) is 74.6 Å². The zero-order chi connectivity index (χ0) is 29.1. The quantitative estimate of drug-likeness (QED) is 0.216. The van der Waals surface area contributed by atoms with E-state index in [2.05, 4.69) is 26.0 Å². The molecule has 42 heavy (non-hydrogen) atoms. The second-order valence-corrected chi connectivity index (χ2v) is 10.8. The highest BCUT2D eigenvalue weighted by Crippen LogP contribution is 2.49. The summed E-state index contributed by atoms with van der Waals surface area (Å²) in [6.07, 6.45) is 0. The molecule has 0 aliphatic carbocycles. The van der Waals surface area contributed by atoms with Crippen LogP contribution < -0.4 is 0 Å². The first-order valence-corrected chi connectivity index (χ1v) is 13.8. The highest BCUT2D eigenvalue weighted by molar-refractivity contribution is 6.28. The molecule has 0 aliphatic heterocycles. The second kappa shape index (κ2) is 9.57. The van der Waals surface area contributed by atoms with E-state index >= 15 is 0 Å². The van der Waals surface area contributed by atoms with Crippen molar-refractivity contribution < 1.29 is 19.8 Å². The molecule has 0 unspecified atom stereocenters. The van der Waals surface area contributed by atoms with Crippen molar-refractivity contribution >= 4 is 55.0 Å². The summed E-state index contributed by atoms with van der Waals surface area (Å²) >= 11 is 0. The summed E-state index contributed by atoms with van der Waals surface area (Å²) in [4.78, 5) is 25.5. The lowest BCUT2D eigenvalue weighted by Crippen LogP contribution is -2.04. The van der Waals surface area contributed by atoms with Crippen molar-refractivity contribution in [1.82, 2.24) is 0 Å². The summed E-state index contributed by atoms with van der Waals surface area (Å²) in [5, 5.41) is 28.0. The predicted octanol–water partition coefficient (Wildman–Crippen LogP) is 9.65. The van der Waals surface area contributed by atoms with Gasteiger partial charge >= 0.3 is 11.9 Å². The van der Waals surface area contributed by atoms with Crippen LogP contribution in [0.4, 0.5) is 0 Å². The maximum Gasteiger partial charge on any atom is 0.336 e. The van der Waals surface area contributed by atoms with Crippen molar-refractivity contribution in [2.75, 3.05) is 0 Å². The minimum Gasteiger partial charge on any atom is -0.478 e. The minimum absolute atomic E-state index is 0.225. The third-order valence-electron chi connectivity index (χ3n) is 8.54. The van der Waals surface area contributed by atoms with Crippen LogP contribution in [0.5, 0.6) is 0 Å². The summed E-state index contributed by atoms with van der Waals surface area (Å²) in [5.74, 6) is -1.99. The largest absolute Gasteiger partial charge is 0.478 e. The Morgan fingerprint density at radius 3 is 1.43 bits per heavy atom. The molecule has 0 bridgehead atoms. The third kappa shape index (κ3) is 3.69. The van der Waals surface area contributed by atoms with Gasteiger partial charge in [-0.1, -0.05) is 97.1 Å². The van der Waals surface area contributed by atoms with E-state index in [0.717, 1.165) is 65.3 Å². The number of hydrogen-bond donors (Lipinski definition) is 2. The predicted molar refractivity (Wildman–Crippen MR) is 171 cm³/mol. The van der Waals surface area contributed by atoms with Gasteiger partial charge in [-0.2, -0.15) is 0 Å². The maximum atomic E-state index is 12.8. The molecule has 0 amide bonds. The Morgan fingerprint density at radius 1 is 0.452 bits per heavy atom. The SMILES string of the molecule is Cc1ccc2c(-c3c(C(=O)O)ccc4ccccc34)c3ccccc3c(-c3c(C(=O)O)ccc4ccccc34)c2c1C. The van der Waals surface area contributed by atoms with Crippen molar-refractivity contribution in [1.29, 1.82) is 0 Å². The molecule has 4 nitrogen and oxygen atoms in total. The summed E-state index contributed by atoms with van der Waals surface area (Å²) in [5.41, 5.74) is 5.55. The van der Waals surface area contributed by atoms with Crippen LogP contribution in [-0.4, -0.2) is 22.2 Å². The van der Waals surface area contributed by atoms with Crippen molar-refractivity contribution in [2.45, 2.75) is 13.8 Å². The number of carboxylic acid groups (broad SMARTS) is 2. The number of aromatic carboxylic acids is 2. The highest BCUT2D eigenvalue weighted by atomic mass is 16.4. The Labute approximate surface area is 242 Å². The van der Waals surface area contributed by atoms with Crippen LogP contribution in [0.2, 0.25) is 0 Å². The van der Waals surface area contributed by atoms with E-state index in [-0.39, 0.29) is 11.1 Å². The van der Waals surface area contributed by atoms with Gasteiger partial charge in [-0.15, -0.1) is 0 Å². The number of hydrogen-bond acceptors (Lipinski definition) is 2. The van der Waals surface area contributed by atoms with Gasteiger partial charge in [0.2, 0.25) is 0 Å². The van der Waals surface area contributed by atoms with E-state index in [1.54, 1.807) is 12.1 Å². The Kier molecular flexibility index (Phi) is 5.80. The van der Waals surface area contributed by atoms with Crippen LogP contribution >= 0.6 is 0 Å². The summed E-state index contributed by atoms with van der Waals surface area (Å²) in [6.45, 7) is 4.11. The molecule has 0 aliphatic rings. The van der Waals surface area contributed by atoms with Gasteiger partial charge in [0.05, 0.1) is 11.1 Å². The standard InChI is InChI=1S/C38H26O4/c1-21-15-18-29-32(22(21)2)36(34-26-12-6-4-10-24(26)17-20-31(34)38(41)42)28-14-8-7-13-27(28)35(29)33-25-11-5-3-9-23(25)16-19-30(33)37(39)40/h3-20H,1-2H3,(H,39,40)(H,41,42). The molecule has 0 fully saturated rings. The molecule has 7 aromatic carbocycles. The number of aryl methyl sites for hydroxylation is 2. The van der Waals surface area contributed by atoms with E-state index in [4.69, 9.17) is 0 Å². The fourth-order valence-corrected chi connectivity index (χ4v) is 6.51. The molecule has 0 atom stereocenters. The van der Waals surface area contributed by atoms with Gasteiger partial charge in [0.1, 0.15) is 0 Å². The van der Waals surface area contributed by atoms with Gasteiger partial charge < -0.3 is 10.2 Å². The lowest BCUT2D eigenvalue weighted by Gasteiger charge is -2.23. The van der Waals surface area contributed by atoms with Gasteiger partial charge in [0.25, 0.3) is 0 Å². The van der Waals surface area contributed by atoms with E-state index in [9.17, 15) is 19.8 Å². The van der Waals surface area contributed by atoms with Gasteiger partial charge in [-0.3, -0.25) is 0 Å². The van der Waals surface area contributed by atoms with E-state index in [1.165, 1.54) is 0 Å². The number of rotatable bonds is 4. The van der Waals surface area contributed by atoms with Crippen LogP contribution in [0.3, 0.4) is 0 Å². The average molecular weight is 547 g/mol. The molecule has 0 radical (unpaired) electrons. The van der Waals surface area contributed by atoms with Crippen molar-refractivity contribution in [3.8, 4) is 22.3 Å². The van der Waals surface area contributed by atoms with Crippen molar-refractivity contribution in [2.24, 2.45) is 0 Å². The molecular formula is C38H26O4. The molecular weight excluding hydrogens is 520 g/mol.